The van der Waals surface area contributed by atoms with Gasteiger partial charge < -0.3 is 10.0 Å². The van der Waals surface area contributed by atoms with Gasteiger partial charge >= 0.3 is 5.97 Å². The normalized spacial score (nSPS) is 24.1. The molecule has 2 saturated heterocycles. The molecule has 2 atom stereocenters. The molecule has 1 N–H and O–H groups in total. The number of carbonyl (C=O) groups excluding carboxylic acids is 1. The summed E-state index contributed by atoms with van der Waals surface area (Å²) in [6.45, 7) is 2.97. The van der Waals surface area contributed by atoms with E-state index in [1.807, 2.05) is 6.92 Å². The molecule has 1 aromatic carbocycles. The van der Waals surface area contributed by atoms with Crippen LogP contribution in [0.2, 0.25) is 0 Å². The minimum atomic E-state index is -3.57. The number of piperidine rings is 1. The number of rotatable bonds is 5. The number of amides is 1. The van der Waals surface area contributed by atoms with E-state index in [4.69, 9.17) is 5.11 Å². The highest BCUT2D eigenvalue weighted by molar-refractivity contribution is 7.89. The molecule has 0 aliphatic carbocycles. The first-order chi connectivity index (χ1) is 12.8. The lowest BCUT2D eigenvalue weighted by molar-refractivity contribution is -0.137. The molecule has 27 heavy (non-hydrogen) atoms. The van der Waals surface area contributed by atoms with Crippen LogP contribution in [-0.4, -0.2) is 59.8 Å². The number of sulfonamides is 1. The molecule has 0 bridgehead atoms. The smallest absolute Gasteiger partial charge is 0.305 e. The highest BCUT2D eigenvalue weighted by Gasteiger charge is 2.33. The van der Waals surface area contributed by atoms with Crippen LogP contribution in [0.5, 0.6) is 0 Å². The average Bonchev–Trinajstić information content (AvgIpc) is 3.08. The average molecular weight is 394 g/mol. The molecule has 2 fully saturated rings. The van der Waals surface area contributed by atoms with Gasteiger partial charge in [0.05, 0.1) is 11.3 Å². The van der Waals surface area contributed by atoms with Crippen molar-refractivity contribution in [1.82, 2.24) is 9.21 Å². The zero-order chi connectivity index (χ0) is 19.6. The maximum Gasteiger partial charge on any atom is 0.305 e. The van der Waals surface area contributed by atoms with E-state index in [1.54, 1.807) is 4.90 Å². The minimum absolute atomic E-state index is 0.0218. The number of aliphatic carboxylic acids is 1. The van der Waals surface area contributed by atoms with Gasteiger partial charge in [-0.1, -0.05) is 6.42 Å². The fourth-order valence-corrected chi connectivity index (χ4v) is 5.72. The van der Waals surface area contributed by atoms with E-state index in [-0.39, 0.29) is 29.3 Å². The number of carboxylic acids is 1. The van der Waals surface area contributed by atoms with Crippen LogP contribution in [0, 0.1) is 0 Å². The Morgan fingerprint density at radius 1 is 1.07 bits per heavy atom. The third kappa shape index (κ3) is 4.16. The molecule has 2 aliphatic heterocycles. The second-order valence-electron chi connectivity index (χ2n) is 7.38. The molecule has 148 valence electrons. The summed E-state index contributed by atoms with van der Waals surface area (Å²) in [5, 5.41) is 9.01. The van der Waals surface area contributed by atoms with Crippen LogP contribution < -0.4 is 0 Å². The summed E-state index contributed by atoms with van der Waals surface area (Å²) in [5.74, 6) is -1.16. The fourth-order valence-electron chi connectivity index (χ4n) is 4.02. The second kappa shape index (κ2) is 7.98. The summed E-state index contributed by atoms with van der Waals surface area (Å²) in [4.78, 5) is 25.5. The molecule has 0 aromatic heterocycles. The Labute approximate surface area is 160 Å². The van der Waals surface area contributed by atoms with Gasteiger partial charge in [-0.3, -0.25) is 9.59 Å². The van der Waals surface area contributed by atoms with Crippen LogP contribution in [0.25, 0.3) is 0 Å². The van der Waals surface area contributed by atoms with Crippen molar-refractivity contribution in [2.45, 2.75) is 62.4 Å². The maximum absolute atomic E-state index is 12.9. The highest BCUT2D eigenvalue weighted by Crippen LogP contribution is 2.26. The number of benzene rings is 1. The summed E-state index contributed by atoms with van der Waals surface area (Å²) in [6.07, 6.45) is 4.15. The van der Waals surface area contributed by atoms with Gasteiger partial charge in [0.1, 0.15) is 0 Å². The van der Waals surface area contributed by atoms with Crippen molar-refractivity contribution in [2.75, 3.05) is 13.1 Å². The number of hydrogen-bond donors (Lipinski definition) is 1. The molecule has 0 saturated carbocycles. The van der Waals surface area contributed by atoms with Crippen LogP contribution in [-0.2, 0) is 14.8 Å². The van der Waals surface area contributed by atoms with Crippen molar-refractivity contribution in [3.8, 4) is 0 Å². The molecular weight excluding hydrogens is 368 g/mol. The zero-order valence-corrected chi connectivity index (χ0v) is 16.3. The van der Waals surface area contributed by atoms with E-state index < -0.39 is 16.0 Å². The van der Waals surface area contributed by atoms with Crippen molar-refractivity contribution < 1.29 is 23.1 Å². The van der Waals surface area contributed by atoms with Crippen LogP contribution in [0.15, 0.2) is 29.2 Å². The molecule has 2 heterocycles. The molecule has 0 radical (unpaired) electrons. The lowest BCUT2D eigenvalue weighted by Gasteiger charge is -2.32. The van der Waals surface area contributed by atoms with Gasteiger partial charge in [0.2, 0.25) is 10.0 Å². The Morgan fingerprint density at radius 3 is 2.41 bits per heavy atom. The molecule has 2 unspecified atom stereocenters. The second-order valence-corrected chi connectivity index (χ2v) is 9.27. The van der Waals surface area contributed by atoms with E-state index >= 15 is 0 Å². The largest absolute Gasteiger partial charge is 0.481 e. The molecular formula is C19H26N2O5S. The maximum atomic E-state index is 12.9. The Kier molecular flexibility index (Phi) is 5.86. The van der Waals surface area contributed by atoms with E-state index in [2.05, 4.69) is 0 Å². The predicted molar refractivity (Wildman–Crippen MR) is 100.0 cm³/mol. The first-order valence-corrected chi connectivity index (χ1v) is 10.9. The lowest BCUT2D eigenvalue weighted by Crippen LogP contribution is -2.41. The van der Waals surface area contributed by atoms with Gasteiger partial charge in [-0.2, -0.15) is 4.31 Å². The number of carboxylic acid groups (broad SMARTS) is 1. The van der Waals surface area contributed by atoms with E-state index in [0.29, 0.717) is 25.1 Å². The van der Waals surface area contributed by atoms with Crippen LogP contribution in [0.3, 0.4) is 0 Å². The summed E-state index contributed by atoms with van der Waals surface area (Å²) in [7, 11) is -3.57. The molecule has 3 rings (SSSR count). The summed E-state index contributed by atoms with van der Waals surface area (Å²) in [6, 6.07) is 5.69. The van der Waals surface area contributed by atoms with E-state index in [1.165, 1.54) is 28.6 Å². The topological polar surface area (TPSA) is 95.0 Å². The quantitative estimate of drug-likeness (QED) is 0.827. The SMILES string of the molecule is CC1CCCCN1S(=O)(=O)c1ccc(C(=O)N2CCCC2CC(=O)O)cc1. The van der Waals surface area contributed by atoms with Crippen molar-refractivity contribution in [3.05, 3.63) is 29.8 Å². The Morgan fingerprint density at radius 2 is 1.78 bits per heavy atom. The van der Waals surface area contributed by atoms with Gasteiger partial charge in [-0.05, 0) is 56.9 Å². The Hall–Kier alpha value is -1.93. The van der Waals surface area contributed by atoms with Gasteiger partial charge in [0.25, 0.3) is 5.91 Å². The third-order valence-electron chi connectivity index (χ3n) is 5.50. The summed E-state index contributed by atoms with van der Waals surface area (Å²) in [5.41, 5.74) is 0.387. The first-order valence-electron chi connectivity index (χ1n) is 9.45. The minimum Gasteiger partial charge on any atom is -0.481 e. The lowest BCUT2D eigenvalue weighted by atomic mass is 10.1. The van der Waals surface area contributed by atoms with Gasteiger partial charge in [0.15, 0.2) is 0 Å². The third-order valence-corrected chi connectivity index (χ3v) is 7.53. The predicted octanol–water partition coefficient (Wildman–Crippen LogP) is 2.33. The molecule has 7 nitrogen and oxygen atoms in total. The monoisotopic (exact) mass is 394 g/mol. The number of hydrogen-bond acceptors (Lipinski definition) is 4. The van der Waals surface area contributed by atoms with Crippen LogP contribution in [0.1, 0.15) is 55.8 Å². The first kappa shape index (κ1) is 19.8. The van der Waals surface area contributed by atoms with Gasteiger partial charge in [0, 0.05) is 30.7 Å². The number of likely N-dealkylation sites (tertiary alicyclic amines) is 1. The fraction of sp³-hybridized carbons (Fsp3) is 0.579. The highest BCUT2D eigenvalue weighted by atomic mass is 32.2. The van der Waals surface area contributed by atoms with E-state index in [9.17, 15) is 18.0 Å². The van der Waals surface area contributed by atoms with Crippen molar-refractivity contribution >= 4 is 21.9 Å². The van der Waals surface area contributed by atoms with Crippen molar-refractivity contribution in [3.63, 3.8) is 0 Å². The summed E-state index contributed by atoms with van der Waals surface area (Å²) < 4.78 is 27.3. The van der Waals surface area contributed by atoms with Gasteiger partial charge in [-0.15, -0.1) is 0 Å². The summed E-state index contributed by atoms with van der Waals surface area (Å²) >= 11 is 0. The zero-order valence-electron chi connectivity index (χ0n) is 15.5. The number of carbonyl (C=O) groups is 2. The molecule has 0 spiro atoms. The van der Waals surface area contributed by atoms with Crippen LogP contribution >= 0.6 is 0 Å². The Balaban J connectivity index is 1.76. The Bertz CT molecular complexity index is 806. The number of nitrogens with zero attached hydrogens (tertiary/aromatic N) is 2. The molecule has 1 amide bonds. The van der Waals surface area contributed by atoms with Crippen molar-refractivity contribution in [2.24, 2.45) is 0 Å². The molecule has 8 heteroatoms. The van der Waals surface area contributed by atoms with Gasteiger partial charge in [-0.25, -0.2) is 8.42 Å². The van der Waals surface area contributed by atoms with Crippen LogP contribution in [0.4, 0.5) is 0 Å². The van der Waals surface area contributed by atoms with E-state index in [0.717, 1.165) is 25.7 Å². The molecule has 1 aromatic rings. The molecule has 2 aliphatic rings. The van der Waals surface area contributed by atoms with Crippen molar-refractivity contribution in [1.29, 1.82) is 0 Å². The standard InChI is InChI=1S/C19H26N2O5S/c1-14-5-2-3-12-21(14)27(25,26)17-9-7-15(8-10-17)19(24)20-11-4-6-16(20)13-18(22)23/h7-10,14,16H,2-6,11-13H2,1H3,(H,22,23).